The number of benzene rings is 8. The van der Waals surface area contributed by atoms with Crippen LogP contribution < -0.4 is 0 Å². The molecule has 13 rings (SSSR count). The van der Waals surface area contributed by atoms with Crippen LogP contribution >= 0.6 is 11.3 Å². The molecule has 5 heteroatoms. The second kappa shape index (κ2) is 14.6. The molecule has 1 aliphatic rings. The van der Waals surface area contributed by atoms with Crippen molar-refractivity contribution in [3.8, 4) is 45.1 Å². The summed E-state index contributed by atoms with van der Waals surface area (Å²) in [4.78, 5) is 11.0. The molecule has 1 aliphatic carbocycles. The Hall–Kier alpha value is -7.86. The molecule has 0 aliphatic heterocycles. The fourth-order valence-electron chi connectivity index (χ4n) is 10.1. The van der Waals surface area contributed by atoms with Crippen LogP contribution in [0.15, 0.2) is 206 Å². The Bertz CT molecular complexity index is 3870. The molecular weight excluding hydrogens is 797 g/mol. The summed E-state index contributed by atoms with van der Waals surface area (Å²) >= 11 is 1.83. The van der Waals surface area contributed by atoms with Crippen LogP contribution in [0.25, 0.3) is 115 Å². The van der Waals surface area contributed by atoms with Gasteiger partial charge >= 0.3 is 0 Å². The lowest BCUT2D eigenvalue weighted by molar-refractivity contribution is 0.746. The summed E-state index contributed by atoms with van der Waals surface area (Å²) in [6.45, 7) is 2.27. The molecule has 302 valence electrons. The number of hydrogen-bond acceptors (Lipinski definition) is 3. The van der Waals surface area contributed by atoms with Gasteiger partial charge in [-0.2, -0.15) is 0 Å². The van der Waals surface area contributed by atoms with E-state index in [0.29, 0.717) is 5.92 Å². The lowest BCUT2D eigenvalue weighted by Gasteiger charge is -2.17. The van der Waals surface area contributed by atoms with E-state index in [1.807, 2.05) is 11.3 Å². The summed E-state index contributed by atoms with van der Waals surface area (Å²) in [6, 6.07) is 68.4. The highest BCUT2D eigenvalue weighted by atomic mass is 32.1. The molecule has 0 fully saturated rings. The summed E-state index contributed by atoms with van der Waals surface area (Å²) < 4.78 is 7.34. The lowest BCUT2D eigenvalue weighted by Crippen LogP contribution is -2.03. The van der Waals surface area contributed by atoms with Gasteiger partial charge in [0.2, 0.25) is 0 Å². The van der Waals surface area contributed by atoms with Gasteiger partial charge in [-0.15, -0.1) is 11.3 Å². The average Bonchev–Trinajstić information content (AvgIpc) is 4.00. The molecule has 0 spiro atoms. The van der Waals surface area contributed by atoms with E-state index >= 15 is 0 Å². The van der Waals surface area contributed by atoms with Gasteiger partial charge in [0.05, 0.1) is 33.5 Å². The Morgan fingerprint density at radius 2 is 1.11 bits per heavy atom. The summed E-state index contributed by atoms with van der Waals surface area (Å²) in [5.74, 6) is 1.16. The van der Waals surface area contributed by atoms with E-state index in [1.165, 1.54) is 69.5 Å². The first-order valence-electron chi connectivity index (χ1n) is 22.0. The van der Waals surface area contributed by atoms with Gasteiger partial charge in [0.1, 0.15) is 0 Å². The molecule has 0 saturated carbocycles. The first-order chi connectivity index (χ1) is 31.6. The van der Waals surface area contributed by atoms with Crippen LogP contribution in [0.1, 0.15) is 19.0 Å². The predicted molar refractivity (Wildman–Crippen MR) is 271 cm³/mol. The van der Waals surface area contributed by atoms with Crippen LogP contribution in [0.4, 0.5) is 0 Å². The number of aromatic nitrogens is 4. The minimum atomic E-state index is 0.430. The fraction of sp³-hybridized carbons (Fsp3) is 0.0508. The van der Waals surface area contributed by atoms with Crippen molar-refractivity contribution in [1.82, 2.24) is 19.1 Å². The highest BCUT2D eigenvalue weighted by Crippen LogP contribution is 2.45. The first kappa shape index (κ1) is 36.8. The Kier molecular flexibility index (Phi) is 8.40. The smallest absolute Gasteiger partial charge is 0.161 e. The van der Waals surface area contributed by atoms with Crippen molar-refractivity contribution in [2.45, 2.75) is 13.3 Å². The summed E-state index contributed by atoms with van der Waals surface area (Å²) in [5.41, 5.74) is 14.5. The third-order valence-corrected chi connectivity index (χ3v) is 14.3. The predicted octanol–water partition coefficient (Wildman–Crippen LogP) is 16.0. The normalized spacial score (nSPS) is 14.1. The minimum absolute atomic E-state index is 0.430. The largest absolute Gasteiger partial charge is 0.309 e. The lowest BCUT2D eigenvalue weighted by atomic mass is 9.93. The third-order valence-electron chi connectivity index (χ3n) is 13.0. The molecule has 0 N–H and O–H groups in total. The molecule has 0 radical (unpaired) electrons. The molecule has 0 amide bonds. The second-order valence-electron chi connectivity index (χ2n) is 17.1. The molecule has 1 atom stereocenters. The third kappa shape index (κ3) is 5.89. The van der Waals surface area contributed by atoms with Crippen molar-refractivity contribution in [1.29, 1.82) is 0 Å². The first-order valence-corrected chi connectivity index (χ1v) is 22.9. The second-order valence-corrected chi connectivity index (χ2v) is 18.1. The zero-order valence-electron chi connectivity index (χ0n) is 35.1. The molecule has 4 aromatic heterocycles. The monoisotopic (exact) mass is 836 g/mol. The molecule has 1 unspecified atom stereocenters. The van der Waals surface area contributed by atoms with Gasteiger partial charge in [-0.3, -0.25) is 0 Å². The number of rotatable bonds is 6. The van der Waals surface area contributed by atoms with E-state index in [2.05, 4.69) is 222 Å². The van der Waals surface area contributed by atoms with Gasteiger partial charge in [0.25, 0.3) is 0 Å². The molecule has 12 aromatic rings. The SMILES string of the molecule is CC1C=CC=C(c2cc(-c3ccccc3)nc(-c3cc(-n4c5cc(-c6ccccc6)ccc5c5cc6c7ccccc7n(-c7ccccc7)c6cc54)cc4c3sc3ccccc34)n2)C1. The Morgan fingerprint density at radius 1 is 0.469 bits per heavy atom. The van der Waals surface area contributed by atoms with Gasteiger partial charge in [0.15, 0.2) is 5.82 Å². The minimum Gasteiger partial charge on any atom is -0.309 e. The number of nitrogens with zero attached hydrogens (tertiary/aromatic N) is 4. The van der Waals surface area contributed by atoms with Crippen LogP contribution in [0.3, 0.4) is 0 Å². The topological polar surface area (TPSA) is 35.6 Å². The summed E-state index contributed by atoms with van der Waals surface area (Å²) in [5, 5.41) is 7.33. The van der Waals surface area contributed by atoms with E-state index < -0.39 is 0 Å². The Labute approximate surface area is 374 Å². The number of fused-ring (bicyclic) bond motifs is 9. The number of hydrogen-bond donors (Lipinski definition) is 0. The van der Waals surface area contributed by atoms with E-state index in [0.717, 1.165) is 57.2 Å². The maximum Gasteiger partial charge on any atom is 0.161 e. The maximum absolute atomic E-state index is 5.50. The highest BCUT2D eigenvalue weighted by Gasteiger charge is 2.23. The van der Waals surface area contributed by atoms with Crippen molar-refractivity contribution >= 4 is 80.7 Å². The zero-order valence-corrected chi connectivity index (χ0v) is 35.9. The number of allylic oxidation sites excluding steroid dienone is 4. The molecular formula is C59H40N4S. The van der Waals surface area contributed by atoms with Crippen LogP contribution in [0.2, 0.25) is 0 Å². The molecule has 0 bridgehead atoms. The van der Waals surface area contributed by atoms with E-state index in [-0.39, 0.29) is 0 Å². The summed E-state index contributed by atoms with van der Waals surface area (Å²) in [7, 11) is 0. The van der Waals surface area contributed by atoms with E-state index in [4.69, 9.17) is 9.97 Å². The van der Waals surface area contributed by atoms with Gasteiger partial charge in [-0.25, -0.2) is 9.97 Å². The highest BCUT2D eigenvalue weighted by molar-refractivity contribution is 7.26. The zero-order chi connectivity index (χ0) is 42.3. The molecule has 8 aromatic carbocycles. The van der Waals surface area contributed by atoms with E-state index in [1.54, 1.807) is 0 Å². The maximum atomic E-state index is 5.50. The van der Waals surface area contributed by atoms with Gasteiger partial charge < -0.3 is 9.13 Å². The number of thiophene rings is 1. The fourth-order valence-corrected chi connectivity index (χ4v) is 11.2. The van der Waals surface area contributed by atoms with Crippen molar-refractivity contribution in [3.05, 3.63) is 212 Å². The molecule has 4 heterocycles. The Morgan fingerprint density at radius 3 is 1.89 bits per heavy atom. The quantitative estimate of drug-likeness (QED) is 0.167. The molecule has 0 saturated heterocycles. The van der Waals surface area contributed by atoms with Crippen molar-refractivity contribution in [3.63, 3.8) is 0 Å². The van der Waals surface area contributed by atoms with Crippen LogP contribution in [0, 0.1) is 5.92 Å². The van der Waals surface area contributed by atoms with Gasteiger partial charge in [-0.05, 0) is 89.7 Å². The van der Waals surface area contributed by atoms with Crippen molar-refractivity contribution in [2.75, 3.05) is 0 Å². The Balaban J connectivity index is 1.15. The average molecular weight is 837 g/mol. The number of para-hydroxylation sites is 2. The van der Waals surface area contributed by atoms with Crippen LogP contribution in [0.5, 0.6) is 0 Å². The summed E-state index contributed by atoms with van der Waals surface area (Å²) in [6.07, 6.45) is 7.61. The molecule has 4 nitrogen and oxygen atoms in total. The van der Waals surface area contributed by atoms with Gasteiger partial charge in [0, 0.05) is 64.2 Å². The van der Waals surface area contributed by atoms with Crippen LogP contribution in [-0.2, 0) is 0 Å². The van der Waals surface area contributed by atoms with Gasteiger partial charge in [-0.1, -0.05) is 153 Å². The standard InChI is InChI=1S/C59H40N4S/c1-37-16-15-21-41(30-37)52-35-51(39-19-7-3-8-20-39)60-59(61-52)50-33-43(32-49-46-25-12-14-27-57(46)64-58(49)50)63-54-31-40(38-17-5-2-6-18-38)28-29-45(54)48-34-47-44-24-11-13-26-53(44)62(55(47)36-56(48)63)42-22-9-4-10-23-42/h2-29,31-37H,30H2,1H3. The van der Waals surface area contributed by atoms with E-state index in [9.17, 15) is 0 Å². The molecule has 64 heavy (non-hydrogen) atoms. The van der Waals surface area contributed by atoms with Crippen molar-refractivity contribution < 1.29 is 0 Å². The van der Waals surface area contributed by atoms with Crippen LogP contribution in [-0.4, -0.2) is 19.1 Å². The van der Waals surface area contributed by atoms with Crippen molar-refractivity contribution in [2.24, 2.45) is 5.92 Å².